The normalized spacial score (nSPS) is 26.0. The molecule has 1 aromatic carbocycles. The fourth-order valence-corrected chi connectivity index (χ4v) is 4.56. The number of benzene rings is 1. The lowest BCUT2D eigenvalue weighted by Gasteiger charge is -2.51. The Kier molecular flexibility index (Phi) is 7.06. The predicted molar refractivity (Wildman–Crippen MR) is 105 cm³/mol. The molecule has 3 aliphatic rings. The number of halogens is 3. The Balaban J connectivity index is 0.000000360. The SMILES string of the molecule is COc1cc(CNC2CC3(CCC(C(=O)O)CC3)C2)cc2c1OCO2.O=C(O)C(F)(F)F. The number of hydrogen-bond donors (Lipinski definition) is 3. The highest BCUT2D eigenvalue weighted by Gasteiger charge is 2.46. The molecule has 1 heterocycles. The van der Waals surface area contributed by atoms with Crippen LogP contribution < -0.4 is 19.5 Å². The molecule has 2 saturated carbocycles. The van der Waals surface area contributed by atoms with Gasteiger partial charge in [-0.05, 0) is 61.6 Å². The molecule has 3 N–H and O–H groups in total. The van der Waals surface area contributed by atoms with Crippen LogP contribution in [0.1, 0.15) is 44.1 Å². The van der Waals surface area contributed by atoms with Crippen LogP contribution in [0.15, 0.2) is 12.1 Å². The number of nitrogens with one attached hydrogen (secondary N) is 1. The van der Waals surface area contributed by atoms with Crippen molar-refractivity contribution in [3.63, 3.8) is 0 Å². The first kappa shape index (κ1) is 24.0. The van der Waals surface area contributed by atoms with Gasteiger partial charge >= 0.3 is 18.1 Å². The highest BCUT2D eigenvalue weighted by Crippen LogP contribution is 2.53. The Morgan fingerprint density at radius 1 is 1.19 bits per heavy atom. The number of carbonyl (C=O) groups is 2. The first-order chi connectivity index (χ1) is 15.0. The van der Waals surface area contributed by atoms with Gasteiger partial charge in [0.1, 0.15) is 0 Å². The molecule has 0 radical (unpaired) electrons. The lowest BCUT2D eigenvalue weighted by molar-refractivity contribution is -0.192. The van der Waals surface area contributed by atoms with Crippen molar-refractivity contribution in [1.29, 1.82) is 0 Å². The first-order valence-electron chi connectivity index (χ1n) is 10.3. The van der Waals surface area contributed by atoms with Crippen LogP contribution in [0.2, 0.25) is 0 Å². The zero-order valence-corrected chi connectivity index (χ0v) is 17.5. The Morgan fingerprint density at radius 3 is 2.34 bits per heavy atom. The summed E-state index contributed by atoms with van der Waals surface area (Å²) in [5, 5.41) is 19.9. The minimum absolute atomic E-state index is 0.126. The van der Waals surface area contributed by atoms with Gasteiger partial charge in [0.25, 0.3) is 0 Å². The minimum atomic E-state index is -5.08. The summed E-state index contributed by atoms with van der Waals surface area (Å²) in [7, 11) is 1.64. The van der Waals surface area contributed by atoms with Gasteiger partial charge in [0.2, 0.25) is 12.5 Å². The summed E-state index contributed by atoms with van der Waals surface area (Å²) in [6, 6.07) is 4.51. The van der Waals surface area contributed by atoms with E-state index in [0.717, 1.165) is 56.4 Å². The topological polar surface area (TPSA) is 114 Å². The first-order valence-corrected chi connectivity index (χ1v) is 10.3. The summed E-state index contributed by atoms with van der Waals surface area (Å²) in [5.74, 6) is -1.37. The Bertz CT molecular complexity index is 843. The molecule has 0 atom stereocenters. The van der Waals surface area contributed by atoms with Crippen LogP contribution >= 0.6 is 0 Å². The monoisotopic (exact) mass is 461 g/mol. The fourth-order valence-electron chi connectivity index (χ4n) is 4.56. The van der Waals surface area contributed by atoms with Crippen molar-refractivity contribution in [1.82, 2.24) is 5.32 Å². The van der Waals surface area contributed by atoms with Gasteiger partial charge in [0, 0.05) is 12.6 Å². The maximum atomic E-state index is 11.1. The molecule has 2 aliphatic carbocycles. The maximum absolute atomic E-state index is 11.1. The van der Waals surface area contributed by atoms with Crippen LogP contribution in [0.4, 0.5) is 13.2 Å². The zero-order valence-electron chi connectivity index (χ0n) is 17.5. The van der Waals surface area contributed by atoms with Gasteiger partial charge in [0.15, 0.2) is 11.5 Å². The Morgan fingerprint density at radius 2 is 1.81 bits per heavy atom. The summed E-state index contributed by atoms with van der Waals surface area (Å²) in [5.41, 5.74) is 1.51. The lowest BCUT2D eigenvalue weighted by Crippen LogP contribution is -2.50. The van der Waals surface area contributed by atoms with E-state index in [2.05, 4.69) is 5.32 Å². The van der Waals surface area contributed by atoms with Crippen LogP contribution in [-0.4, -0.2) is 48.3 Å². The van der Waals surface area contributed by atoms with Crippen LogP contribution in [0, 0.1) is 11.3 Å². The van der Waals surface area contributed by atoms with Gasteiger partial charge in [0.05, 0.1) is 13.0 Å². The standard InChI is InChI=1S/C19H25NO5.C2HF3O2/c1-23-15-6-12(7-16-17(15)25-11-24-16)10-20-14-8-19(9-14)4-2-13(3-5-19)18(21)22;3-2(4,5)1(6)7/h6-7,13-14,20H,2-5,8-11H2,1H3,(H,21,22);(H,6,7). The van der Waals surface area contributed by atoms with E-state index in [0.29, 0.717) is 23.0 Å². The summed E-state index contributed by atoms with van der Waals surface area (Å²) in [6.45, 7) is 1.01. The third kappa shape index (κ3) is 5.56. The molecule has 0 unspecified atom stereocenters. The van der Waals surface area contributed by atoms with Crippen LogP contribution in [0.25, 0.3) is 0 Å². The molecule has 1 aliphatic heterocycles. The molecule has 32 heavy (non-hydrogen) atoms. The molecule has 0 bridgehead atoms. The van der Waals surface area contributed by atoms with Gasteiger partial charge in [-0.3, -0.25) is 4.79 Å². The number of hydrogen-bond acceptors (Lipinski definition) is 6. The number of fused-ring (bicyclic) bond motifs is 1. The molecule has 8 nitrogen and oxygen atoms in total. The van der Waals surface area contributed by atoms with E-state index in [1.54, 1.807) is 7.11 Å². The van der Waals surface area contributed by atoms with E-state index in [1.807, 2.05) is 12.1 Å². The smallest absolute Gasteiger partial charge is 0.490 e. The number of methoxy groups -OCH3 is 1. The van der Waals surface area contributed by atoms with Crippen molar-refractivity contribution in [3.8, 4) is 17.2 Å². The molecule has 11 heteroatoms. The third-order valence-corrected chi connectivity index (χ3v) is 6.31. The second-order valence-electron chi connectivity index (χ2n) is 8.43. The lowest BCUT2D eigenvalue weighted by atomic mass is 9.57. The number of ether oxygens (including phenoxy) is 3. The summed E-state index contributed by atoms with van der Waals surface area (Å²) < 4.78 is 48.0. The Hall–Kier alpha value is -2.69. The highest BCUT2D eigenvalue weighted by atomic mass is 19.4. The van der Waals surface area contributed by atoms with Gasteiger partial charge in [-0.2, -0.15) is 13.2 Å². The van der Waals surface area contributed by atoms with E-state index in [4.69, 9.17) is 29.2 Å². The van der Waals surface area contributed by atoms with E-state index in [9.17, 15) is 18.0 Å². The summed E-state index contributed by atoms with van der Waals surface area (Å²) in [6.07, 6.45) is 1.00. The van der Waals surface area contributed by atoms with Crippen molar-refractivity contribution >= 4 is 11.9 Å². The molecule has 4 rings (SSSR count). The molecule has 2 fully saturated rings. The van der Waals surface area contributed by atoms with Crippen LogP contribution in [0.3, 0.4) is 0 Å². The van der Waals surface area contributed by atoms with Crippen molar-refractivity contribution in [3.05, 3.63) is 17.7 Å². The molecule has 0 saturated heterocycles. The second-order valence-corrected chi connectivity index (χ2v) is 8.43. The summed E-state index contributed by atoms with van der Waals surface area (Å²) >= 11 is 0. The van der Waals surface area contributed by atoms with E-state index in [-0.39, 0.29) is 12.7 Å². The van der Waals surface area contributed by atoms with Gasteiger partial charge in [-0.1, -0.05) is 0 Å². The quantitative estimate of drug-likeness (QED) is 0.610. The fraction of sp³-hybridized carbons (Fsp3) is 0.619. The molecule has 1 spiro atoms. The molecule has 0 aromatic heterocycles. The zero-order chi connectivity index (χ0) is 23.5. The average molecular weight is 461 g/mol. The molecule has 0 amide bonds. The van der Waals surface area contributed by atoms with Crippen molar-refractivity contribution < 1.29 is 47.2 Å². The van der Waals surface area contributed by atoms with Crippen molar-refractivity contribution in [2.75, 3.05) is 13.9 Å². The largest absolute Gasteiger partial charge is 0.493 e. The third-order valence-electron chi connectivity index (χ3n) is 6.31. The predicted octanol–water partition coefficient (Wildman–Crippen LogP) is 3.57. The van der Waals surface area contributed by atoms with Gasteiger partial charge in [-0.15, -0.1) is 0 Å². The number of carboxylic acids is 2. The van der Waals surface area contributed by atoms with Gasteiger partial charge in [-0.25, -0.2) is 4.79 Å². The van der Waals surface area contributed by atoms with E-state index >= 15 is 0 Å². The van der Waals surface area contributed by atoms with Crippen molar-refractivity contribution in [2.45, 2.75) is 57.3 Å². The number of aliphatic carboxylic acids is 2. The second kappa shape index (κ2) is 9.43. The Labute approximate surface area is 182 Å². The molecular formula is C21H26F3NO7. The minimum Gasteiger partial charge on any atom is -0.493 e. The van der Waals surface area contributed by atoms with Crippen LogP contribution in [-0.2, 0) is 16.1 Å². The molecular weight excluding hydrogens is 435 g/mol. The summed E-state index contributed by atoms with van der Waals surface area (Å²) in [4.78, 5) is 20.0. The highest BCUT2D eigenvalue weighted by molar-refractivity contribution is 5.73. The average Bonchev–Trinajstić information content (AvgIpc) is 3.18. The number of carboxylic acid groups (broad SMARTS) is 2. The van der Waals surface area contributed by atoms with E-state index in [1.165, 1.54) is 0 Å². The molecule has 178 valence electrons. The maximum Gasteiger partial charge on any atom is 0.490 e. The van der Waals surface area contributed by atoms with Crippen molar-refractivity contribution in [2.24, 2.45) is 11.3 Å². The molecule has 1 aromatic rings. The number of alkyl halides is 3. The van der Waals surface area contributed by atoms with Gasteiger partial charge < -0.3 is 29.7 Å². The van der Waals surface area contributed by atoms with Crippen LogP contribution in [0.5, 0.6) is 17.2 Å². The van der Waals surface area contributed by atoms with E-state index < -0.39 is 18.1 Å². The number of rotatable bonds is 5.